The monoisotopic (exact) mass is 435 g/mol. The molecule has 2 heterocycles. The lowest BCUT2D eigenvalue weighted by atomic mass is 9.95. The van der Waals surface area contributed by atoms with Gasteiger partial charge in [0.1, 0.15) is 12.2 Å². The summed E-state index contributed by atoms with van der Waals surface area (Å²) in [7, 11) is -4.11. The number of ether oxygens (including phenoxy) is 2. The van der Waals surface area contributed by atoms with Crippen molar-refractivity contribution < 1.29 is 27.2 Å². The number of benzene rings is 1. The molecule has 1 saturated carbocycles. The van der Waals surface area contributed by atoms with Crippen LogP contribution in [0.3, 0.4) is 0 Å². The van der Waals surface area contributed by atoms with Crippen LogP contribution >= 0.6 is 0 Å². The van der Waals surface area contributed by atoms with Gasteiger partial charge in [0.15, 0.2) is 22.2 Å². The molecule has 1 N–H and O–H groups in total. The van der Waals surface area contributed by atoms with Gasteiger partial charge in [-0.2, -0.15) is 0 Å². The van der Waals surface area contributed by atoms with Crippen molar-refractivity contribution in [2.75, 3.05) is 17.6 Å². The highest BCUT2D eigenvalue weighted by Crippen LogP contribution is 2.37. The summed E-state index contributed by atoms with van der Waals surface area (Å²) in [5.41, 5.74) is 0.545. The van der Waals surface area contributed by atoms with Crippen LogP contribution in [-0.4, -0.2) is 38.9 Å². The third-order valence-electron chi connectivity index (χ3n) is 5.42. The summed E-state index contributed by atoms with van der Waals surface area (Å²) in [6, 6.07) is 4.86. The second-order valence-corrected chi connectivity index (χ2v) is 9.40. The van der Waals surface area contributed by atoms with Gasteiger partial charge in [-0.3, -0.25) is 9.10 Å². The van der Waals surface area contributed by atoms with Crippen molar-refractivity contribution in [3.05, 3.63) is 29.7 Å². The molecule has 0 unspecified atom stereocenters. The van der Waals surface area contributed by atoms with Crippen LogP contribution in [0.5, 0.6) is 11.5 Å². The Hall–Kier alpha value is -2.75. The van der Waals surface area contributed by atoms with Gasteiger partial charge in [0.2, 0.25) is 12.7 Å². The van der Waals surface area contributed by atoms with E-state index < -0.39 is 10.0 Å². The van der Waals surface area contributed by atoms with E-state index in [1.807, 2.05) is 0 Å². The molecule has 162 valence electrons. The van der Waals surface area contributed by atoms with Crippen molar-refractivity contribution in [3.63, 3.8) is 0 Å². The molecule has 1 amide bonds. The van der Waals surface area contributed by atoms with E-state index in [0.717, 1.165) is 36.4 Å². The number of aromatic nitrogens is 1. The lowest BCUT2D eigenvalue weighted by Crippen LogP contribution is -2.45. The van der Waals surface area contributed by atoms with Crippen molar-refractivity contribution in [2.45, 2.75) is 56.9 Å². The fourth-order valence-electron chi connectivity index (χ4n) is 3.96. The minimum Gasteiger partial charge on any atom is -0.454 e. The summed E-state index contributed by atoms with van der Waals surface area (Å²) in [6.07, 6.45) is 5.11. The van der Waals surface area contributed by atoms with Crippen molar-refractivity contribution >= 4 is 21.6 Å². The Bertz CT molecular complexity index is 1020. The molecule has 1 aliphatic heterocycles. The Kier molecular flexibility index (Phi) is 5.59. The summed E-state index contributed by atoms with van der Waals surface area (Å²) >= 11 is 0. The highest BCUT2D eigenvalue weighted by atomic mass is 32.2. The first-order valence-corrected chi connectivity index (χ1v) is 11.4. The molecule has 1 aliphatic carbocycles. The minimum absolute atomic E-state index is 0.0365. The molecule has 4 rings (SSSR count). The Morgan fingerprint density at radius 2 is 1.90 bits per heavy atom. The van der Waals surface area contributed by atoms with Gasteiger partial charge in [0.25, 0.3) is 10.0 Å². The number of amides is 1. The second kappa shape index (κ2) is 8.17. The number of carbonyl (C=O) groups excluding carboxylic acids is 1. The molecule has 1 fully saturated rings. The summed E-state index contributed by atoms with van der Waals surface area (Å²) < 4.78 is 43.9. The van der Waals surface area contributed by atoms with E-state index in [-0.39, 0.29) is 41.6 Å². The smallest absolute Gasteiger partial charge is 0.270 e. The first-order chi connectivity index (χ1) is 14.4. The molecular formula is C20H25N3O6S. The molecule has 2 aliphatic rings. The number of anilines is 1. The van der Waals surface area contributed by atoms with E-state index in [4.69, 9.17) is 14.0 Å². The maximum Gasteiger partial charge on any atom is 0.270 e. The van der Waals surface area contributed by atoms with Crippen LogP contribution in [0.4, 0.5) is 5.69 Å². The molecule has 0 radical (unpaired) electrons. The fourth-order valence-corrected chi connectivity index (χ4v) is 5.67. The lowest BCUT2D eigenvalue weighted by molar-refractivity contribution is -0.120. The van der Waals surface area contributed by atoms with Crippen molar-refractivity contribution in [1.29, 1.82) is 0 Å². The van der Waals surface area contributed by atoms with Gasteiger partial charge in [0.05, 0.1) is 5.69 Å². The number of hydrogen-bond acceptors (Lipinski definition) is 7. The summed E-state index contributed by atoms with van der Waals surface area (Å²) in [5.74, 6) is 0.778. The van der Waals surface area contributed by atoms with Gasteiger partial charge < -0.3 is 19.3 Å². The average Bonchev–Trinajstić information content (AvgIpc) is 3.32. The number of sulfonamides is 1. The van der Waals surface area contributed by atoms with Gasteiger partial charge in [-0.05, 0) is 38.8 Å². The quantitative estimate of drug-likeness (QED) is 0.742. The average molecular weight is 436 g/mol. The van der Waals surface area contributed by atoms with Crippen LogP contribution in [0.1, 0.15) is 43.6 Å². The van der Waals surface area contributed by atoms with Crippen LogP contribution < -0.4 is 19.1 Å². The van der Waals surface area contributed by atoms with Gasteiger partial charge >= 0.3 is 0 Å². The van der Waals surface area contributed by atoms with Crippen LogP contribution in [-0.2, 0) is 14.8 Å². The number of fused-ring (bicyclic) bond motifs is 1. The summed E-state index contributed by atoms with van der Waals surface area (Å²) in [5, 5.41) is 6.74. The molecule has 9 nitrogen and oxygen atoms in total. The number of carbonyl (C=O) groups is 1. The standard InChI is InChI=1S/C20H25N3O6S/c1-13-20(14(2)29-22-13)30(25,26)23(11-19(24)21-15-6-4-3-5-7-15)16-8-9-17-18(10-16)28-12-27-17/h8-10,15H,3-7,11-12H2,1-2H3,(H,21,24). The summed E-state index contributed by atoms with van der Waals surface area (Å²) in [4.78, 5) is 12.8. The van der Waals surface area contributed by atoms with Gasteiger partial charge in [0, 0.05) is 12.1 Å². The van der Waals surface area contributed by atoms with Crippen LogP contribution in [0.15, 0.2) is 27.6 Å². The summed E-state index contributed by atoms with van der Waals surface area (Å²) in [6.45, 7) is 2.80. The van der Waals surface area contributed by atoms with E-state index in [9.17, 15) is 13.2 Å². The zero-order valence-electron chi connectivity index (χ0n) is 17.0. The van der Waals surface area contributed by atoms with Crippen molar-refractivity contribution in [3.8, 4) is 11.5 Å². The number of aryl methyl sites for hydroxylation is 2. The first-order valence-electron chi connectivity index (χ1n) is 10.0. The van der Waals surface area contributed by atoms with E-state index in [2.05, 4.69) is 10.5 Å². The van der Waals surface area contributed by atoms with Crippen molar-refractivity contribution in [1.82, 2.24) is 10.5 Å². The molecule has 0 saturated heterocycles. The van der Waals surface area contributed by atoms with Gasteiger partial charge in [-0.25, -0.2) is 8.42 Å². The molecule has 2 aromatic rings. The maximum atomic E-state index is 13.5. The Balaban J connectivity index is 1.67. The van der Waals surface area contributed by atoms with Gasteiger partial charge in [-0.1, -0.05) is 24.4 Å². The minimum atomic E-state index is -4.11. The Morgan fingerprint density at radius 3 is 2.60 bits per heavy atom. The van der Waals surface area contributed by atoms with E-state index in [1.165, 1.54) is 6.92 Å². The normalized spacial score (nSPS) is 16.5. The molecule has 0 atom stereocenters. The predicted molar refractivity (Wildman–Crippen MR) is 108 cm³/mol. The number of rotatable bonds is 6. The Morgan fingerprint density at radius 1 is 1.17 bits per heavy atom. The topological polar surface area (TPSA) is 111 Å². The molecular weight excluding hydrogens is 410 g/mol. The zero-order chi connectivity index (χ0) is 21.3. The maximum absolute atomic E-state index is 13.5. The van der Waals surface area contributed by atoms with Crippen molar-refractivity contribution in [2.24, 2.45) is 0 Å². The molecule has 1 aromatic heterocycles. The highest BCUT2D eigenvalue weighted by molar-refractivity contribution is 7.93. The van der Waals surface area contributed by atoms with Crippen LogP contribution in [0, 0.1) is 13.8 Å². The van der Waals surface area contributed by atoms with Crippen LogP contribution in [0.25, 0.3) is 0 Å². The van der Waals surface area contributed by atoms with Crippen LogP contribution in [0.2, 0.25) is 0 Å². The number of nitrogens with one attached hydrogen (secondary N) is 1. The third kappa shape index (κ3) is 3.96. The third-order valence-corrected chi connectivity index (χ3v) is 7.44. The highest BCUT2D eigenvalue weighted by Gasteiger charge is 2.34. The number of nitrogens with zero attached hydrogens (tertiary/aromatic N) is 2. The SMILES string of the molecule is Cc1noc(C)c1S(=O)(=O)N(CC(=O)NC1CCCCC1)c1ccc2c(c1)OCO2. The van der Waals surface area contributed by atoms with E-state index >= 15 is 0 Å². The van der Waals surface area contributed by atoms with E-state index in [1.54, 1.807) is 25.1 Å². The number of hydrogen-bond donors (Lipinski definition) is 1. The lowest BCUT2D eigenvalue weighted by Gasteiger charge is -2.27. The largest absolute Gasteiger partial charge is 0.454 e. The molecule has 10 heteroatoms. The molecule has 0 spiro atoms. The van der Waals surface area contributed by atoms with E-state index in [0.29, 0.717) is 17.2 Å². The molecule has 0 bridgehead atoms. The Labute approximate surface area is 175 Å². The van der Waals surface area contributed by atoms with Gasteiger partial charge in [-0.15, -0.1) is 0 Å². The molecule has 1 aromatic carbocycles. The predicted octanol–water partition coefficient (Wildman–Crippen LogP) is 2.66. The zero-order valence-corrected chi connectivity index (χ0v) is 17.8. The first kappa shape index (κ1) is 20.5. The second-order valence-electron chi connectivity index (χ2n) is 7.60. The molecule has 30 heavy (non-hydrogen) atoms. The fraction of sp³-hybridized carbons (Fsp3) is 0.500.